The Labute approximate surface area is 173 Å². The molecule has 0 bridgehead atoms. The first-order chi connectivity index (χ1) is 14.5. The Hall–Kier alpha value is -3.08. The van der Waals surface area contributed by atoms with Crippen molar-refractivity contribution in [1.29, 1.82) is 0 Å². The van der Waals surface area contributed by atoms with Gasteiger partial charge in [-0.3, -0.25) is 0 Å². The molecule has 1 aromatic heterocycles. The summed E-state index contributed by atoms with van der Waals surface area (Å²) in [5.41, 5.74) is -2.27. The van der Waals surface area contributed by atoms with Crippen LogP contribution in [0.2, 0.25) is 0 Å². The van der Waals surface area contributed by atoms with Gasteiger partial charge < -0.3 is 0 Å². The molecular formula is C20H8F8N2S. The molecule has 11 heteroatoms. The van der Waals surface area contributed by atoms with Crippen molar-refractivity contribution in [3.8, 4) is 22.3 Å². The molecule has 0 aliphatic carbocycles. The lowest BCUT2D eigenvalue weighted by atomic mass is 9.95. The van der Waals surface area contributed by atoms with E-state index >= 15 is 0 Å². The Morgan fingerprint density at radius 2 is 0.968 bits per heavy atom. The van der Waals surface area contributed by atoms with Crippen LogP contribution in [0.1, 0.15) is 11.1 Å². The van der Waals surface area contributed by atoms with Gasteiger partial charge in [-0.2, -0.15) is 35.1 Å². The van der Waals surface area contributed by atoms with Gasteiger partial charge in [-0.05, 0) is 35.4 Å². The minimum absolute atomic E-state index is 0.00746. The Morgan fingerprint density at radius 1 is 0.581 bits per heavy atom. The van der Waals surface area contributed by atoms with E-state index in [1.165, 1.54) is 12.1 Å². The quantitative estimate of drug-likeness (QED) is 0.293. The minimum atomic E-state index is -4.92. The third kappa shape index (κ3) is 3.85. The van der Waals surface area contributed by atoms with Crippen molar-refractivity contribution in [1.82, 2.24) is 8.75 Å². The molecule has 4 rings (SSSR count). The maximum Gasteiger partial charge on any atom is 0.419 e. The lowest BCUT2D eigenvalue weighted by Gasteiger charge is -2.13. The van der Waals surface area contributed by atoms with Crippen LogP contribution in [0.15, 0.2) is 48.5 Å². The van der Waals surface area contributed by atoms with Crippen LogP contribution < -0.4 is 0 Å². The van der Waals surface area contributed by atoms with Gasteiger partial charge in [-0.25, -0.2) is 8.78 Å². The molecule has 0 unspecified atom stereocenters. The topological polar surface area (TPSA) is 25.8 Å². The van der Waals surface area contributed by atoms with Crippen LogP contribution in [-0.2, 0) is 12.4 Å². The lowest BCUT2D eigenvalue weighted by Crippen LogP contribution is -2.08. The van der Waals surface area contributed by atoms with E-state index in [1.54, 1.807) is 0 Å². The normalized spacial score (nSPS) is 12.5. The zero-order valence-corrected chi connectivity index (χ0v) is 15.8. The number of benzene rings is 3. The average molecular weight is 460 g/mol. The zero-order chi connectivity index (χ0) is 22.6. The molecule has 0 saturated heterocycles. The summed E-state index contributed by atoms with van der Waals surface area (Å²) in [7, 11) is 0. The third-order valence-corrected chi connectivity index (χ3v) is 5.11. The number of rotatable bonds is 2. The van der Waals surface area contributed by atoms with Crippen molar-refractivity contribution in [3.63, 3.8) is 0 Å². The predicted octanol–water partition coefficient (Wildman–Crippen LogP) is 7.34. The molecule has 31 heavy (non-hydrogen) atoms. The molecule has 3 aromatic carbocycles. The molecule has 160 valence electrons. The molecule has 0 aliphatic heterocycles. The number of alkyl halides is 6. The maximum atomic E-state index is 13.6. The van der Waals surface area contributed by atoms with Gasteiger partial charge in [0.05, 0.1) is 22.9 Å². The van der Waals surface area contributed by atoms with Gasteiger partial charge >= 0.3 is 12.4 Å². The van der Waals surface area contributed by atoms with E-state index < -0.39 is 35.1 Å². The summed E-state index contributed by atoms with van der Waals surface area (Å²) in [6.45, 7) is 0. The van der Waals surface area contributed by atoms with Crippen molar-refractivity contribution in [2.45, 2.75) is 12.4 Å². The summed E-state index contributed by atoms with van der Waals surface area (Å²) in [4.78, 5) is 0. The second kappa shape index (κ2) is 7.26. The molecule has 0 atom stereocenters. The average Bonchev–Trinajstić information content (AvgIpc) is 3.16. The second-order valence-electron chi connectivity index (χ2n) is 6.51. The molecule has 0 N–H and O–H groups in total. The fourth-order valence-corrected chi connectivity index (χ4v) is 3.73. The van der Waals surface area contributed by atoms with E-state index in [9.17, 15) is 35.1 Å². The summed E-state index contributed by atoms with van der Waals surface area (Å²) in [5, 5.41) is 0. The van der Waals surface area contributed by atoms with Crippen molar-refractivity contribution in [2.75, 3.05) is 0 Å². The van der Waals surface area contributed by atoms with Gasteiger partial charge in [-0.1, -0.05) is 24.3 Å². The van der Waals surface area contributed by atoms with E-state index in [0.717, 1.165) is 12.1 Å². The highest BCUT2D eigenvalue weighted by molar-refractivity contribution is 7.00. The van der Waals surface area contributed by atoms with Gasteiger partial charge in [-0.15, -0.1) is 0 Å². The van der Waals surface area contributed by atoms with Crippen LogP contribution in [-0.4, -0.2) is 8.75 Å². The second-order valence-corrected chi connectivity index (χ2v) is 7.04. The number of hydrogen-bond acceptors (Lipinski definition) is 3. The van der Waals surface area contributed by atoms with Crippen LogP contribution in [0.4, 0.5) is 35.1 Å². The highest BCUT2D eigenvalue weighted by atomic mass is 32.1. The lowest BCUT2D eigenvalue weighted by molar-refractivity contribution is -0.140. The molecule has 4 aromatic rings. The van der Waals surface area contributed by atoms with Gasteiger partial charge in [0.15, 0.2) is 0 Å². The van der Waals surface area contributed by atoms with Gasteiger partial charge in [0.1, 0.15) is 22.7 Å². The Balaban J connectivity index is 1.89. The molecule has 0 fully saturated rings. The Morgan fingerprint density at radius 3 is 1.32 bits per heavy atom. The van der Waals surface area contributed by atoms with Gasteiger partial charge in [0.2, 0.25) is 0 Å². The summed E-state index contributed by atoms with van der Waals surface area (Å²) < 4.78 is 114. The van der Waals surface area contributed by atoms with Crippen LogP contribution >= 0.6 is 11.7 Å². The first-order valence-corrected chi connectivity index (χ1v) is 9.19. The predicted molar refractivity (Wildman–Crippen MR) is 98.2 cm³/mol. The fourth-order valence-electron chi connectivity index (χ4n) is 3.15. The van der Waals surface area contributed by atoms with Crippen molar-refractivity contribution >= 4 is 22.8 Å². The summed E-state index contributed by atoms with van der Waals surface area (Å²) in [6.07, 6.45) is -9.83. The SMILES string of the molecule is Fc1ccc(-c2ccc(-c3ccc(F)c(C(F)(F)F)c3)c3nsnc23)cc1C(F)(F)F. The van der Waals surface area contributed by atoms with Crippen LogP contribution in [0.25, 0.3) is 33.3 Å². The molecule has 2 nitrogen and oxygen atoms in total. The fraction of sp³-hybridized carbons (Fsp3) is 0.100. The number of halogens is 8. The van der Waals surface area contributed by atoms with E-state index in [1.807, 2.05) is 0 Å². The highest BCUT2D eigenvalue weighted by Gasteiger charge is 2.35. The number of nitrogens with zero attached hydrogens (tertiary/aromatic N) is 2. The number of aromatic nitrogens is 2. The van der Waals surface area contributed by atoms with Crippen molar-refractivity contribution in [3.05, 3.63) is 71.3 Å². The zero-order valence-electron chi connectivity index (χ0n) is 14.9. The highest BCUT2D eigenvalue weighted by Crippen LogP contribution is 2.40. The van der Waals surface area contributed by atoms with E-state index in [-0.39, 0.29) is 33.3 Å². The molecule has 0 saturated carbocycles. The smallest absolute Gasteiger partial charge is 0.206 e. The Kier molecular flexibility index (Phi) is 4.95. The minimum Gasteiger partial charge on any atom is -0.206 e. The largest absolute Gasteiger partial charge is 0.419 e. The van der Waals surface area contributed by atoms with Crippen molar-refractivity contribution in [2.24, 2.45) is 0 Å². The Bertz CT molecular complexity index is 1190. The summed E-state index contributed by atoms with van der Waals surface area (Å²) in [5.74, 6) is -2.88. The summed E-state index contributed by atoms with van der Waals surface area (Å²) >= 11 is 0.704. The van der Waals surface area contributed by atoms with E-state index in [4.69, 9.17) is 0 Å². The standard InChI is InChI=1S/C20H8F8N2S/c21-15-5-1-9(7-13(15)19(23,24)25)11-3-4-12(18-17(11)29-31-30-18)10-2-6-16(22)14(8-10)20(26,27)28/h1-8H. The number of fused-ring (bicyclic) bond motifs is 1. The summed E-state index contributed by atoms with van der Waals surface area (Å²) in [6, 6.07) is 7.58. The van der Waals surface area contributed by atoms with Crippen LogP contribution in [0, 0.1) is 11.6 Å². The van der Waals surface area contributed by atoms with E-state index in [2.05, 4.69) is 8.75 Å². The molecular weight excluding hydrogens is 452 g/mol. The van der Waals surface area contributed by atoms with Gasteiger partial charge in [0, 0.05) is 11.1 Å². The first kappa shape index (κ1) is 21.2. The molecule has 0 radical (unpaired) electrons. The third-order valence-electron chi connectivity index (χ3n) is 4.58. The molecule has 1 heterocycles. The maximum absolute atomic E-state index is 13.6. The van der Waals surface area contributed by atoms with E-state index in [0.29, 0.717) is 36.0 Å². The van der Waals surface area contributed by atoms with Crippen LogP contribution in [0.3, 0.4) is 0 Å². The molecule has 0 amide bonds. The van der Waals surface area contributed by atoms with Gasteiger partial charge in [0.25, 0.3) is 0 Å². The molecule has 0 aliphatic rings. The molecule has 0 spiro atoms. The van der Waals surface area contributed by atoms with Crippen LogP contribution in [0.5, 0.6) is 0 Å². The van der Waals surface area contributed by atoms with Crippen molar-refractivity contribution < 1.29 is 35.1 Å². The first-order valence-electron chi connectivity index (χ1n) is 8.46. The number of hydrogen-bond donors (Lipinski definition) is 0. The monoisotopic (exact) mass is 460 g/mol.